The third-order valence-corrected chi connectivity index (χ3v) is 4.34. The Morgan fingerprint density at radius 2 is 2.14 bits per heavy atom. The van der Waals surface area contributed by atoms with Crippen molar-refractivity contribution in [3.8, 4) is 0 Å². The molecule has 1 saturated heterocycles. The van der Waals surface area contributed by atoms with E-state index in [0.29, 0.717) is 32.5 Å². The van der Waals surface area contributed by atoms with Gasteiger partial charge in [-0.1, -0.05) is 24.3 Å². The van der Waals surface area contributed by atoms with Crippen molar-refractivity contribution in [3.05, 3.63) is 35.4 Å². The van der Waals surface area contributed by atoms with Crippen LogP contribution in [0.1, 0.15) is 30.1 Å². The van der Waals surface area contributed by atoms with Crippen LogP contribution in [-0.4, -0.2) is 41.6 Å². The van der Waals surface area contributed by atoms with E-state index in [-0.39, 0.29) is 12.0 Å². The Bertz CT molecular complexity index is 557. The van der Waals surface area contributed by atoms with E-state index < -0.39 is 11.9 Å². The van der Waals surface area contributed by atoms with Gasteiger partial charge in [-0.05, 0) is 24.0 Å². The van der Waals surface area contributed by atoms with Crippen LogP contribution in [-0.2, 0) is 20.7 Å². The molecule has 5 heteroatoms. The number of nitrogens with zero attached hydrogens (tertiary/aromatic N) is 1. The number of hydrogen-bond donors (Lipinski definition) is 1. The summed E-state index contributed by atoms with van der Waals surface area (Å²) in [6, 6.07) is 8.05. The average molecular weight is 289 g/mol. The minimum atomic E-state index is -0.815. The molecule has 0 bridgehead atoms. The second-order valence-electron chi connectivity index (χ2n) is 5.68. The molecule has 2 aliphatic rings. The SMILES string of the molecule is O=C(O)[C@@H]1CCN(C(=O)C[C@@H]2OCCc3ccccc32)C1. The highest BCUT2D eigenvalue weighted by Crippen LogP contribution is 2.30. The topological polar surface area (TPSA) is 66.8 Å². The van der Waals surface area contributed by atoms with Crippen molar-refractivity contribution in [1.82, 2.24) is 4.90 Å². The first-order chi connectivity index (χ1) is 10.1. The van der Waals surface area contributed by atoms with E-state index in [9.17, 15) is 9.59 Å². The lowest BCUT2D eigenvalue weighted by Gasteiger charge is -2.27. The van der Waals surface area contributed by atoms with Crippen molar-refractivity contribution in [1.29, 1.82) is 0 Å². The molecule has 1 N–H and O–H groups in total. The van der Waals surface area contributed by atoms with Crippen LogP contribution >= 0.6 is 0 Å². The van der Waals surface area contributed by atoms with Gasteiger partial charge in [0.15, 0.2) is 0 Å². The van der Waals surface area contributed by atoms with Gasteiger partial charge < -0.3 is 14.7 Å². The van der Waals surface area contributed by atoms with Gasteiger partial charge in [-0.15, -0.1) is 0 Å². The Kier molecular flexibility index (Phi) is 3.92. The molecule has 5 nitrogen and oxygen atoms in total. The van der Waals surface area contributed by atoms with Crippen LogP contribution in [0.15, 0.2) is 24.3 Å². The fourth-order valence-corrected chi connectivity index (χ4v) is 3.12. The fourth-order valence-electron chi connectivity index (χ4n) is 3.12. The van der Waals surface area contributed by atoms with E-state index >= 15 is 0 Å². The van der Waals surface area contributed by atoms with Crippen molar-refractivity contribution in [2.75, 3.05) is 19.7 Å². The van der Waals surface area contributed by atoms with Crippen molar-refractivity contribution in [2.45, 2.75) is 25.4 Å². The molecular formula is C16H19NO4. The summed E-state index contributed by atoms with van der Waals surface area (Å²) in [6.07, 6.45) is 1.52. The van der Waals surface area contributed by atoms with Crippen LogP contribution in [0.3, 0.4) is 0 Å². The Labute approximate surface area is 123 Å². The number of benzene rings is 1. The van der Waals surface area contributed by atoms with Crippen molar-refractivity contribution in [2.24, 2.45) is 5.92 Å². The second kappa shape index (κ2) is 5.85. The molecule has 1 fully saturated rings. The first kappa shape index (κ1) is 14.1. The molecule has 3 rings (SSSR count). The number of aliphatic carboxylic acids is 1. The van der Waals surface area contributed by atoms with Gasteiger partial charge in [-0.3, -0.25) is 9.59 Å². The second-order valence-corrected chi connectivity index (χ2v) is 5.68. The largest absolute Gasteiger partial charge is 0.481 e. The highest BCUT2D eigenvalue weighted by molar-refractivity contribution is 5.79. The van der Waals surface area contributed by atoms with Crippen molar-refractivity contribution in [3.63, 3.8) is 0 Å². The van der Waals surface area contributed by atoms with Crippen LogP contribution in [0.2, 0.25) is 0 Å². The number of likely N-dealkylation sites (tertiary alicyclic amines) is 1. The summed E-state index contributed by atoms with van der Waals surface area (Å²) in [5.41, 5.74) is 2.33. The lowest BCUT2D eigenvalue weighted by molar-refractivity contribution is -0.141. The molecule has 112 valence electrons. The van der Waals surface area contributed by atoms with Gasteiger partial charge in [0.25, 0.3) is 0 Å². The Morgan fingerprint density at radius 3 is 2.90 bits per heavy atom. The molecule has 0 spiro atoms. The first-order valence-electron chi connectivity index (χ1n) is 7.35. The van der Waals surface area contributed by atoms with Gasteiger partial charge in [0.05, 0.1) is 25.0 Å². The summed E-state index contributed by atoms with van der Waals surface area (Å²) in [7, 11) is 0. The summed E-state index contributed by atoms with van der Waals surface area (Å²) in [4.78, 5) is 25.0. The number of fused-ring (bicyclic) bond motifs is 1. The van der Waals surface area contributed by atoms with Crippen molar-refractivity contribution < 1.29 is 19.4 Å². The molecule has 2 aliphatic heterocycles. The number of amides is 1. The summed E-state index contributed by atoms with van der Waals surface area (Å²) in [5, 5.41) is 9.00. The summed E-state index contributed by atoms with van der Waals surface area (Å²) >= 11 is 0. The summed E-state index contributed by atoms with van der Waals surface area (Å²) in [5.74, 6) is -1.25. The molecule has 2 atom stereocenters. The van der Waals surface area contributed by atoms with Gasteiger partial charge >= 0.3 is 5.97 Å². The average Bonchev–Trinajstić information content (AvgIpc) is 2.98. The lowest BCUT2D eigenvalue weighted by Crippen LogP contribution is -2.32. The Hall–Kier alpha value is -1.88. The molecule has 0 aliphatic carbocycles. The van der Waals surface area contributed by atoms with Crippen LogP contribution in [0.5, 0.6) is 0 Å². The molecule has 0 radical (unpaired) electrons. The fraction of sp³-hybridized carbons (Fsp3) is 0.500. The maximum atomic E-state index is 12.3. The predicted octanol–water partition coefficient (Wildman–Crippen LogP) is 1.62. The molecule has 1 aromatic rings. The number of rotatable bonds is 3. The van der Waals surface area contributed by atoms with Gasteiger partial charge in [0, 0.05) is 13.1 Å². The zero-order valence-corrected chi connectivity index (χ0v) is 11.8. The minimum absolute atomic E-state index is 0.0135. The molecule has 0 saturated carbocycles. The number of ether oxygens (including phenoxy) is 1. The highest BCUT2D eigenvalue weighted by atomic mass is 16.5. The van der Waals surface area contributed by atoms with Gasteiger partial charge in [0.1, 0.15) is 0 Å². The molecule has 0 aromatic heterocycles. The van der Waals surface area contributed by atoms with Crippen molar-refractivity contribution >= 4 is 11.9 Å². The number of carboxylic acids is 1. The van der Waals surface area contributed by atoms with Crippen LogP contribution in [0.25, 0.3) is 0 Å². The monoisotopic (exact) mass is 289 g/mol. The number of carbonyl (C=O) groups excluding carboxylic acids is 1. The van der Waals surface area contributed by atoms with E-state index in [2.05, 4.69) is 6.07 Å². The van der Waals surface area contributed by atoms with Crippen LogP contribution in [0.4, 0.5) is 0 Å². The van der Waals surface area contributed by atoms with E-state index in [0.717, 1.165) is 12.0 Å². The minimum Gasteiger partial charge on any atom is -0.481 e. The standard InChI is InChI=1S/C16H19NO4/c18-15(17-7-5-12(10-17)16(19)20)9-14-13-4-2-1-3-11(13)6-8-21-14/h1-4,12,14H,5-10H2,(H,19,20)/t12-,14+/m1/s1. The lowest BCUT2D eigenvalue weighted by atomic mass is 9.95. The maximum absolute atomic E-state index is 12.3. The van der Waals surface area contributed by atoms with Gasteiger partial charge in [0.2, 0.25) is 5.91 Å². The third kappa shape index (κ3) is 2.93. The molecule has 21 heavy (non-hydrogen) atoms. The number of carbonyl (C=O) groups is 2. The number of carboxylic acid groups (broad SMARTS) is 1. The first-order valence-corrected chi connectivity index (χ1v) is 7.35. The van der Waals surface area contributed by atoms with Crippen LogP contribution in [0, 0.1) is 5.92 Å². The normalized spacial score (nSPS) is 24.7. The maximum Gasteiger partial charge on any atom is 0.308 e. The molecule has 0 unspecified atom stereocenters. The Balaban J connectivity index is 1.65. The van der Waals surface area contributed by atoms with E-state index in [1.165, 1.54) is 5.56 Å². The summed E-state index contributed by atoms with van der Waals surface area (Å²) < 4.78 is 5.75. The number of hydrogen-bond acceptors (Lipinski definition) is 3. The molecular weight excluding hydrogens is 270 g/mol. The van der Waals surface area contributed by atoms with E-state index in [1.807, 2.05) is 18.2 Å². The highest BCUT2D eigenvalue weighted by Gasteiger charge is 2.32. The molecule has 2 heterocycles. The quantitative estimate of drug-likeness (QED) is 0.918. The van der Waals surface area contributed by atoms with E-state index in [4.69, 9.17) is 9.84 Å². The van der Waals surface area contributed by atoms with E-state index in [1.54, 1.807) is 4.90 Å². The third-order valence-electron chi connectivity index (χ3n) is 4.34. The zero-order chi connectivity index (χ0) is 14.8. The van der Waals surface area contributed by atoms with Gasteiger partial charge in [-0.25, -0.2) is 0 Å². The zero-order valence-electron chi connectivity index (χ0n) is 11.8. The molecule has 1 amide bonds. The predicted molar refractivity (Wildman–Crippen MR) is 75.8 cm³/mol. The smallest absolute Gasteiger partial charge is 0.308 e. The van der Waals surface area contributed by atoms with Crippen LogP contribution < -0.4 is 0 Å². The van der Waals surface area contributed by atoms with Gasteiger partial charge in [-0.2, -0.15) is 0 Å². The Morgan fingerprint density at radius 1 is 1.33 bits per heavy atom. The molecule has 1 aromatic carbocycles. The summed E-state index contributed by atoms with van der Waals surface area (Å²) in [6.45, 7) is 1.49.